The lowest BCUT2D eigenvalue weighted by atomic mass is 9.94. The highest BCUT2D eigenvalue weighted by Gasteiger charge is 2.43. The zero-order valence-electron chi connectivity index (χ0n) is 14.6. The van der Waals surface area contributed by atoms with Gasteiger partial charge in [-0.05, 0) is 5.56 Å². The van der Waals surface area contributed by atoms with Crippen LogP contribution in [0.4, 0.5) is 8.78 Å². The molecule has 2 aromatic carbocycles. The van der Waals surface area contributed by atoms with Gasteiger partial charge in [0.05, 0.1) is 25.2 Å². The standard InChI is InChI=1S/C20H20F2N2O2.ClH/c21-20(22)11-17(23-12-20)19(25)24-16-9-10-26-18-14(7-4-8-15(16)18)13-5-2-1-3-6-13;/h1-8,16-17,23H,9-12H2,(H,24,25);1H. The van der Waals surface area contributed by atoms with E-state index in [0.29, 0.717) is 13.0 Å². The minimum absolute atomic E-state index is 0. The van der Waals surface area contributed by atoms with E-state index in [4.69, 9.17) is 4.74 Å². The van der Waals surface area contributed by atoms with Crippen LogP contribution >= 0.6 is 12.4 Å². The van der Waals surface area contributed by atoms with Gasteiger partial charge in [0.1, 0.15) is 5.75 Å². The smallest absolute Gasteiger partial charge is 0.262 e. The van der Waals surface area contributed by atoms with E-state index in [2.05, 4.69) is 10.6 Å². The summed E-state index contributed by atoms with van der Waals surface area (Å²) in [5.41, 5.74) is 2.89. The van der Waals surface area contributed by atoms with Gasteiger partial charge in [-0.1, -0.05) is 48.5 Å². The third-order valence-corrected chi connectivity index (χ3v) is 4.90. The van der Waals surface area contributed by atoms with Crippen molar-refractivity contribution in [1.82, 2.24) is 10.6 Å². The second-order valence-corrected chi connectivity index (χ2v) is 6.78. The predicted molar refractivity (Wildman–Crippen MR) is 101 cm³/mol. The maximum atomic E-state index is 13.4. The quantitative estimate of drug-likeness (QED) is 0.834. The van der Waals surface area contributed by atoms with Gasteiger partial charge in [0.2, 0.25) is 5.91 Å². The fourth-order valence-electron chi connectivity index (χ4n) is 3.59. The van der Waals surface area contributed by atoms with Gasteiger partial charge in [0.15, 0.2) is 0 Å². The Morgan fingerprint density at radius 3 is 2.63 bits per heavy atom. The molecule has 0 saturated carbocycles. The molecule has 0 aliphatic carbocycles. The van der Waals surface area contributed by atoms with Gasteiger partial charge in [-0.3, -0.25) is 10.1 Å². The first kappa shape index (κ1) is 19.6. The number of alkyl halides is 2. The minimum Gasteiger partial charge on any atom is -0.492 e. The van der Waals surface area contributed by atoms with Crippen molar-refractivity contribution in [2.45, 2.75) is 30.8 Å². The molecule has 4 rings (SSSR count). The van der Waals surface area contributed by atoms with Gasteiger partial charge in [0, 0.05) is 24.0 Å². The molecule has 7 heteroatoms. The number of hydrogen-bond acceptors (Lipinski definition) is 3. The number of carbonyl (C=O) groups is 1. The molecule has 0 bridgehead atoms. The third kappa shape index (κ3) is 4.06. The summed E-state index contributed by atoms with van der Waals surface area (Å²) in [6.07, 6.45) is 0.152. The number of nitrogens with one attached hydrogen (secondary N) is 2. The molecule has 2 unspecified atom stereocenters. The maximum absolute atomic E-state index is 13.4. The van der Waals surface area contributed by atoms with Gasteiger partial charge in [-0.25, -0.2) is 8.78 Å². The minimum atomic E-state index is -2.82. The molecular weight excluding hydrogens is 374 g/mol. The van der Waals surface area contributed by atoms with E-state index in [9.17, 15) is 13.6 Å². The molecular formula is C20H21ClF2N2O2. The van der Waals surface area contributed by atoms with Crippen LogP contribution in [0, 0.1) is 0 Å². The predicted octanol–water partition coefficient (Wildman–Crippen LogP) is 3.71. The second-order valence-electron chi connectivity index (χ2n) is 6.78. The van der Waals surface area contributed by atoms with E-state index in [1.165, 1.54) is 0 Å². The number of halogens is 3. The number of hydrogen-bond donors (Lipinski definition) is 2. The second kappa shape index (κ2) is 7.82. The van der Waals surface area contributed by atoms with Crippen molar-refractivity contribution in [3.63, 3.8) is 0 Å². The van der Waals surface area contributed by atoms with E-state index >= 15 is 0 Å². The highest BCUT2D eigenvalue weighted by molar-refractivity contribution is 5.85. The van der Waals surface area contributed by atoms with Gasteiger partial charge in [-0.15, -0.1) is 12.4 Å². The fourth-order valence-corrected chi connectivity index (χ4v) is 3.59. The Bertz CT molecular complexity index is 817. The largest absolute Gasteiger partial charge is 0.492 e. The van der Waals surface area contributed by atoms with Crippen molar-refractivity contribution in [3.8, 4) is 16.9 Å². The molecule has 1 fully saturated rings. The lowest BCUT2D eigenvalue weighted by molar-refractivity contribution is -0.124. The van der Waals surface area contributed by atoms with E-state index in [0.717, 1.165) is 22.4 Å². The molecule has 1 saturated heterocycles. The lowest BCUT2D eigenvalue weighted by Gasteiger charge is -2.29. The summed E-state index contributed by atoms with van der Waals surface area (Å²) >= 11 is 0. The number of fused-ring (bicyclic) bond motifs is 1. The molecule has 144 valence electrons. The molecule has 27 heavy (non-hydrogen) atoms. The van der Waals surface area contributed by atoms with Gasteiger partial charge < -0.3 is 10.1 Å². The van der Waals surface area contributed by atoms with E-state index in [-0.39, 0.29) is 24.4 Å². The van der Waals surface area contributed by atoms with Gasteiger partial charge in [-0.2, -0.15) is 0 Å². The molecule has 1 amide bonds. The Morgan fingerprint density at radius 1 is 1.15 bits per heavy atom. The SMILES string of the molecule is Cl.O=C(NC1CCOc2c(-c3ccccc3)cccc21)C1CC(F)(F)CN1. The summed E-state index contributed by atoms with van der Waals surface area (Å²) in [7, 11) is 0. The van der Waals surface area contributed by atoms with Crippen LogP contribution in [-0.2, 0) is 4.79 Å². The molecule has 0 aromatic heterocycles. The summed E-state index contributed by atoms with van der Waals surface area (Å²) in [6, 6.07) is 14.6. The van der Waals surface area contributed by atoms with Crippen LogP contribution in [-0.4, -0.2) is 31.0 Å². The fraction of sp³-hybridized carbons (Fsp3) is 0.350. The van der Waals surface area contributed by atoms with Crippen molar-refractivity contribution < 1.29 is 18.3 Å². The maximum Gasteiger partial charge on any atom is 0.262 e. The van der Waals surface area contributed by atoms with E-state index in [1.807, 2.05) is 48.5 Å². The lowest BCUT2D eigenvalue weighted by Crippen LogP contribution is -2.43. The first-order valence-electron chi connectivity index (χ1n) is 8.76. The molecule has 2 aliphatic heterocycles. The normalized spacial score (nSPS) is 22.9. The molecule has 2 aliphatic rings. The van der Waals surface area contributed by atoms with Crippen molar-refractivity contribution in [3.05, 3.63) is 54.1 Å². The summed E-state index contributed by atoms with van der Waals surface area (Å²) in [5, 5.41) is 5.52. The molecule has 0 radical (unpaired) electrons. The van der Waals surface area contributed by atoms with Crippen LogP contribution in [0.1, 0.15) is 24.4 Å². The molecule has 4 nitrogen and oxygen atoms in total. The Labute approximate surface area is 162 Å². The number of benzene rings is 2. The zero-order chi connectivity index (χ0) is 18.1. The van der Waals surface area contributed by atoms with Crippen molar-refractivity contribution in [1.29, 1.82) is 0 Å². The number of para-hydroxylation sites is 1. The average Bonchev–Trinajstić information content (AvgIpc) is 3.02. The topological polar surface area (TPSA) is 50.4 Å². The summed E-state index contributed by atoms with van der Waals surface area (Å²) in [5.74, 6) is -2.46. The Balaban J connectivity index is 0.00000210. The van der Waals surface area contributed by atoms with Crippen LogP contribution in [0.3, 0.4) is 0 Å². The number of rotatable bonds is 3. The number of ether oxygens (including phenoxy) is 1. The van der Waals surface area contributed by atoms with E-state index < -0.39 is 24.9 Å². The molecule has 0 spiro atoms. The molecule has 2 atom stereocenters. The van der Waals surface area contributed by atoms with Crippen LogP contribution < -0.4 is 15.4 Å². The van der Waals surface area contributed by atoms with Crippen LogP contribution in [0.2, 0.25) is 0 Å². The zero-order valence-corrected chi connectivity index (χ0v) is 15.4. The highest BCUT2D eigenvalue weighted by atomic mass is 35.5. The Morgan fingerprint density at radius 2 is 1.93 bits per heavy atom. The molecule has 2 N–H and O–H groups in total. The Hall–Kier alpha value is -2.18. The average molecular weight is 395 g/mol. The van der Waals surface area contributed by atoms with E-state index in [1.54, 1.807) is 0 Å². The monoisotopic (exact) mass is 394 g/mol. The number of amides is 1. The van der Waals surface area contributed by atoms with Gasteiger partial charge in [0.25, 0.3) is 5.92 Å². The third-order valence-electron chi connectivity index (χ3n) is 4.90. The van der Waals surface area contributed by atoms with Crippen LogP contribution in [0.25, 0.3) is 11.1 Å². The van der Waals surface area contributed by atoms with Gasteiger partial charge >= 0.3 is 0 Å². The first-order valence-corrected chi connectivity index (χ1v) is 8.76. The summed E-state index contributed by atoms with van der Waals surface area (Å²) in [4.78, 5) is 12.4. The summed E-state index contributed by atoms with van der Waals surface area (Å²) in [6.45, 7) is 0.0175. The molecule has 2 aromatic rings. The summed E-state index contributed by atoms with van der Waals surface area (Å²) < 4.78 is 32.6. The van der Waals surface area contributed by atoms with Crippen molar-refractivity contribution in [2.75, 3.05) is 13.2 Å². The van der Waals surface area contributed by atoms with Crippen molar-refractivity contribution >= 4 is 18.3 Å². The highest BCUT2D eigenvalue weighted by Crippen LogP contribution is 2.40. The van der Waals surface area contributed by atoms with Crippen LogP contribution in [0.15, 0.2) is 48.5 Å². The Kier molecular flexibility index (Phi) is 5.67. The molecule has 2 heterocycles. The number of carbonyl (C=O) groups excluding carboxylic acids is 1. The first-order chi connectivity index (χ1) is 12.5. The van der Waals surface area contributed by atoms with Crippen LogP contribution in [0.5, 0.6) is 5.75 Å². The van der Waals surface area contributed by atoms with Crippen molar-refractivity contribution in [2.24, 2.45) is 0 Å².